The topological polar surface area (TPSA) is 65.0 Å². The summed E-state index contributed by atoms with van der Waals surface area (Å²) in [7, 11) is 0. The van der Waals surface area contributed by atoms with Crippen molar-refractivity contribution in [1.82, 2.24) is 0 Å². The monoisotopic (exact) mass is 413 g/mol. The Hall–Kier alpha value is -1.91. The minimum atomic E-state index is -0.374. The van der Waals surface area contributed by atoms with E-state index in [4.69, 9.17) is 9.57 Å². The van der Waals surface area contributed by atoms with Gasteiger partial charge in [-0.05, 0) is 79.6 Å². The van der Waals surface area contributed by atoms with Crippen LogP contribution in [0.5, 0.6) is 0 Å². The molecule has 6 atom stereocenters. The lowest BCUT2D eigenvalue weighted by atomic mass is 9.47. The maximum absolute atomic E-state index is 11.4. The second kappa shape index (κ2) is 7.65. The lowest BCUT2D eigenvalue weighted by molar-refractivity contribution is -0.148. The molecule has 164 valence electrons. The second-order valence-electron chi connectivity index (χ2n) is 10.3. The molecule has 0 saturated heterocycles. The molecule has 0 bridgehead atoms. The Kier molecular flexibility index (Phi) is 5.44. The smallest absolute Gasteiger partial charge is 0.331 e. The highest BCUT2D eigenvalue weighted by Crippen LogP contribution is 2.65. The number of esters is 1. The summed E-state index contributed by atoms with van der Waals surface area (Å²) in [5, 5.41) is 4.10. The number of ether oxygens (including phenoxy) is 1. The molecule has 0 aromatic rings. The zero-order chi connectivity index (χ0) is 21.7. The quantitative estimate of drug-likeness (QED) is 0.205. The van der Waals surface area contributed by atoms with Crippen LogP contribution in [0.2, 0.25) is 0 Å². The molecule has 0 unspecified atom stereocenters. The third-order valence-electron chi connectivity index (χ3n) is 8.67. The molecule has 4 aliphatic rings. The Labute approximate surface area is 179 Å². The van der Waals surface area contributed by atoms with E-state index in [0.29, 0.717) is 17.8 Å². The van der Waals surface area contributed by atoms with Crippen LogP contribution in [0.1, 0.15) is 79.6 Å². The molecule has 0 heterocycles. The number of carbonyl (C=O) groups is 2. The molecule has 0 aromatic heterocycles. The Bertz CT molecular complexity index is 840. The molecule has 4 aliphatic carbocycles. The molecule has 0 radical (unpaired) electrons. The molecular weight excluding hydrogens is 378 g/mol. The van der Waals surface area contributed by atoms with Crippen molar-refractivity contribution in [3.63, 3.8) is 0 Å². The van der Waals surface area contributed by atoms with Gasteiger partial charge in [-0.3, -0.25) is 4.79 Å². The number of allylic oxidation sites excluding steroid dienone is 3. The first-order valence-electron chi connectivity index (χ1n) is 11.4. The lowest BCUT2D eigenvalue weighted by Crippen LogP contribution is -2.50. The number of oxime groups is 1. The van der Waals surface area contributed by atoms with Crippen LogP contribution in [0.15, 0.2) is 28.5 Å². The van der Waals surface area contributed by atoms with Gasteiger partial charge in [0.1, 0.15) is 6.10 Å². The summed E-state index contributed by atoms with van der Waals surface area (Å²) < 4.78 is 5.55. The lowest BCUT2D eigenvalue weighted by Gasteiger charge is -2.57. The van der Waals surface area contributed by atoms with Gasteiger partial charge in [0, 0.05) is 20.3 Å². The van der Waals surface area contributed by atoms with E-state index in [1.807, 2.05) is 6.92 Å². The molecule has 0 N–H and O–H groups in total. The van der Waals surface area contributed by atoms with Gasteiger partial charge in [0.25, 0.3) is 0 Å². The molecule has 30 heavy (non-hydrogen) atoms. The van der Waals surface area contributed by atoms with Gasteiger partial charge >= 0.3 is 11.9 Å². The number of nitrogens with zero attached hydrogens (tertiary/aromatic N) is 1. The Balaban J connectivity index is 1.55. The number of fused-ring (bicyclic) bond motifs is 5. The van der Waals surface area contributed by atoms with Crippen LogP contribution in [0.4, 0.5) is 0 Å². The number of hydrogen-bond donors (Lipinski definition) is 0. The predicted octanol–water partition coefficient (Wildman–Crippen LogP) is 5.36. The summed E-state index contributed by atoms with van der Waals surface area (Å²) in [5.74, 6) is 1.42. The fraction of sp³-hybridized carbons (Fsp3) is 0.720. The summed E-state index contributed by atoms with van der Waals surface area (Å²) in [4.78, 5) is 27.5. The molecule has 2 saturated carbocycles. The van der Waals surface area contributed by atoms with Crippen LogP contribution in [-0.4, -0.2) is 23.8 Å². The highest BCUT2D eigenvalue weighted by Gasteiger charge is 2.57. The molecule has 0 aromatic carbocycles. The van der Waals surface area contributed by atoms with E-state index in [1.165, 1.54) is 31.4 Å². The minimum absolute atomic E-state index is 0.0483. The average molecular weight is 414 g/mol. The number of hydrogen-bond acceptors (Lipinski definition) is 5. The van der Waals surface area contributed by atoms with E-state index in [-0.39, 0.29) is 28.9 Å². The molecule has 4 rings (SSSR count). The molecule has 5 heteroatoms. The van der Waals surface area contributed by atoms with Crippen molar-refractivity contribution in [2.75, 3.05) is 0 Å². The predicted molar refractivity (Wildman–Crippen MR) is 116 cm³/mol. The number of carbonyl (C=O) groups excluding carboxylic acids is 2. The summed E-state index contributed by atoms with van der Waals surface area (Å²) in [6.07, 6.45) is 12.4. The van der Waals surface area contributed by atoms with Crippen LogP contribution in [0, 0.1) is 28.6 Å². The van der Waals surface area contributed by atoms with Crippen LogP contribution in [0.25, 0.3) is 0 Å². The van der Waals surface area contributed by atoms with E-state index in [9.17, 15) is 9.59 Å². The van der Waals surface area contributed by atoms with E-state index in [1.54, 1.807) is 0 Å². The second-order valence-corrected chi connectivity index (χ2v) is 10.3. The van der Waals surface area contributed by atoms with Crippen molar-refractivity contribution < 1.29 is 19.2 Å². The first-order valence-corrected chi connectivity index (χ1v) is 11.4. The first kappa shape index (κ1) is 21.3. The van der Waals surface area contributed by atoms with Crippen molar-refractivity contribution in [3.8, 4) is 0 Å². The van der Waals surface area contributed by atoms with Gasteiger partial charge in [0.2, 0.25) is 0 Å². The van der Waals surface area contributed by atoms with Crippen LogP contribution < -0.4 is 0 Å². The van der Waals surface area contributed by atoms with E-state index < -0.39 is 0 Å². The van der Waals surface area contributed by atoms with Crippen molar-refractivity contribution in [3.05, 3.63) is 23.3 Å². The standard InChI is InChI=1S/C25H35NO4/c1-15(26-30-17(3)28)21-8-9-22-20-7-6-18-14-19(29-16(2)27)10-12-24(18,4)23(20)11-13-25(21,22)5/h6,8,19-20,22-23H,7,9-14H2,1-5H3/b26-15-/t19-,20+,22-,23+,24+,25-/m1/s1. The van der Waals surface area contributed by atoms with Gasteiger partial charge in [-0.25, -0.2) is 4.79 Å². The Morgan fingerprint density at radius 3 is 2.40 bits per heavy atom. The van der Waals surface area contributed by atoms with Crippen LogP contribution in [0.3, 0.4) is 0 Å². The normalized spacial score (nSPS) is 40.4. The largest absolute Gasteiger partial charge is 0.462 e. The van der Waals surface area contributed by atoms with E-state index in [0.717, 1.165) is 44.2 Å². The zero-order valence-corrected chi connectivity index (χ0v) is 19.0. The van der Waals surface area contributed by atoms with Gasteiger partial charge in [0.05, 0.1) is 5.71 Å². The fourth-order valence-electron chi connectivity index (χ4n) is 7.27. The number of rotatable bonds is 3. The maximum atomic E-state index is 11.4. The molecule has 0 spiro atoms. The third-order valence-corrected chi connectivity index (χ3v) is 8.67. The minimum Gasteiger partial charge on any atom is -0.462 e. The van der Waals surface area contributed by atoms with E-state index in [2.05, 4.69) is 31.2 Å². The Morgan fingerprint density at radius 1 is 0.967 bits per heavy atom. The van der Waals surface area contributed by atoms with Crippen molar-refractivity contribution in [2.45, 2.75) is 85.7 Å². The van der Waals surface area contributed by atoms with Gasteiger partial charge in [-0.15, -0.1) is 0 Å². The van der Waals surface area contributed by atoms with Crippen LogP contribution in [-0.2, 0) is 19.2 Å². The molecule has 2 fully saturated rings. The molecular formula is C25H35NO4. The zero-order valence-electron chi connectivity index (χ0n) is 19.0. The van der Waals surface area contributed by atoms with Gasteiger partial charge < -0.3 is 9.57 Å². The summed E-state index contributed by atoms with van der Waals surface area (Å²) >= 11 is 0. The molecule has 5 nitrogen and oxygen atoms in total. The van der Waals surface area contributed by atoms with Gasteiger partial charge in [-0.2, -0.15) is 0 Å². The average Bonchev–Trinajstić information content (AvgIpc) is 3.03. The molecule has 0 amide bonds. The third kappa shape index (κ3) is 3.44. The maximum Gasteiger partial charge on any atom is 0.331 e. The Morgan fingerprint density at radius 2 is 1.70 bits per heavy atom. The van der Waals surface area contributed by atoms with Crippen molar-refractivity contribution in [2.24, 2.45) is 33.7 Å². The molecule has 0 aliphatic heterocycles. The highest BCUT2D eigenvalue weighted by molar-refractivity contribution is 5.99. The fourth-order valence-corrected chi connectivity index (χ4v) is 7.27. The summed E-state index contributed by atoms with van der Waals surface area (Å²) in [5.41, 5.74) is 3.96. The first-order chi connectivity index (χ1) is 14.1. The van der Waals surface area contributed by atoms with Crippen LogP contribution >= 0.6 is 0 Å². The van der Waals surface area contributed by atoms with E-state index >= 15 is 0 Å². The summed E-state index contributed by atoms with van der Waals surface area (Å²) in [6, 6.07) is 0. The van der Waals surface area contributed by atoms with Gasteiger partial charge in [-0.1, -0.05) is 36.7 Å². The summed E-state index contributed by atoms with van der Waals surface area (Å²) in [6.45, 7) is 9.71. The SMILES string of the molecule is CC(=O)O/N=C(/C)C1=CC[C@@H]2[C@@H]3CC=C4C[C@H](OC(C)=O)CC[C@]4(C)[C@H]3CC[C@]12C. The van der Waals surface area contributed by atoms with Gasteiger partial charge in [0.15, 0.2) is 0 Å². The van der Waals surface area contributed by atoms with Crippen molar-refractivity contribution >= 4 is 17.7 Å². The van der Waals surface area contributed by atoms with Crippen molar-refractivity contribution in [1.29, 1.82) is 0 Å². The highest BCUT2D eigenvalue weighted by atomic mass is 16.7.